The van der Waals surface area contributed by atoms with Crippen molar-refractivity contribution in [1.29, 1.82) is 0 Å². The molecule has 0 bridgehead atoms. The first-order chi connectivity index (χ1) is 5.88. The van der Waals surface area contributed by atoms with Gasteiger partial charge in [-0.2, -0.15) is 4.98 Å². The molecule has 13 heavy (non-hydrogen) atoms. The van der Waals surface area contributed by atoms with Gasteiger partial charge in [-0.3, -0.25) is 0 Å². The van der Waals surface area contributed by atoms with Gasteiger partial charge in [0.05, 0.1) is 12.3 Å². The zero-order valence-electron chi connectivity index (χ0n) is 7.14. The number of rotatable bonds is 3. The molecule has 0 radical (unpaired) electrons. The predicted octanol–water partition coefficient (Wildman–Crippen LogP) is -1.51. The lowest BCUT2D eigenvalue weighted by molar-refractivity contribution is 0.588. The van der Waals surface area contributed by atoms with E-state index in [1.165, 1.54) is 4.68 Å². The van der Waals surface area contributed by atoms with Gasteiger partial charge in [-0.1, -0.05) is 0 Å². The van der Waals surface area contributed by atoms with E-state index < -0.39 is 9.84 Å². The molecule has 1 rings (SSSR count). The molecule has 0 aliphatic heterocycles. The Morgan fingerprint density at radius 1 is 1.46 bits per heavy atom. The Morgan fingerprint density at radius 3 is 2.46 bits per heavy atom. The van der Waals surface area contributed by atoms with Crippen LogP contribution in [0.15, 0.2) is 0 Å². The van der Waals surface area contributed by atoms with Crippen molar-refractivity contribution in [3.8, 4) is 0 Å². The largest absolute Gasteiger partial charge is 0.368 e. The smallest absolute Gasteiger partial charge is 0.241 e. The van der Waals surface area contributed by atoms with E-state index in [-0.39, 0.29) is 24.2 Å². The Hall–Kier alpha value is -1.31. The zero-order valence-corrected chi connectivity index (χ0v) is 7.95. The van der Waals surface area contributed by atoms with Crippen LogP contribution in [0.5, 0.6) is 0 Å². The summed E-state index contributed by atoms with van der Waals surface area (Å²) in [7, 11) is -3.01. The van der Waals surface area contributed by atoms with Crippen LogP contribution in [0.3, 0.4) is 0 Å². The van der Waals surface area contributed by atoms with Crippen LogP contribution in [0, 0.1) is 0 Å². The van der Waals surface area contributed by atoms with Crippen molar-refractivity contribution in [1.82, 2.24) is 14.8 Å². The Bertz CT molecular complexity index is 395. The van der Waals surface area contributed by atoms with E-state index in [1.807, 2.05) is 0 Å². The summed E-state index contributed by atoms with van der Waals surface area (Å²) in [5, 5.41) is 3.71. The van der Waals surface area contributed by atoms with Crippen LogP contribution in [0.2, 0.25) is 0 Å². The van der Waals surface area contributed by atoms with Crippen LogP contribution in [-0.4, -0.2) is 35.2 Å². The molecule has 0 aliphatic rings. The van der Waals surface area contributed by atoms with E-state index in [0.717, 1.165) is 6.26 Å². The van der Waals surface area contributed by atoms with Crippen molar-refractivity contribution < 1.29 is 8.42 Å². The highest BCUT2D eigenvalue weighted by atomic mass is 32.2. The molecule has 74 valence electrons. The maximum Gasteiger partial charge on any atom is 0.241 e. The van der Waals surface area contributed by atoms with Crippen LogP contribution < -0.4 is 11.5 Å². The standard InChI is InChI=1S/C5H11N5O2S/c1-13(11,12)3-2-10-5(7)8-4(6)9-10/h2-3H2,1H3,(H4,6,7,8,9). The summed E-state index contributed by atoms with van der Waals surface area (Å²) in [6.45, 7) is 0.175. The fourth-order valence-corrected chi connectivity index (χ4v) is 1.29. The Balaban J connectivity index is 2.70. The van der Waals surface area contributed by atoms with Gasteiger partial charge in [0.1, 0.15) is 9.84 Å². The molecule has 0 atom stereocenters. The molecule has 0 fully saturated rings. The third-order valence-corrected chi connectivity index (χ3v) is 2.31. The maximum atomic E-state index is 10.8. The van der Waals surface area contributed by atoms with Gasteiger partial charge in [-0.15, -0.1) is 5.10 Å². The molecule has 0 spiro atoms. The molecule has 0 aromatic carbocycles. The number of hydrogen-bond acceptors (Lipinski definition) is 6. The summed E-state index contributed by atoms with van der Waals surface area (Å²) in [5.74, 6) is 0.146. The van der Waals surface area contributed by atoms with Gasteiger partial charge in [0.25, 0.3) is 0 Å². The molecular formula is C5H11N5O2S. The lowest BCUT2D eigenvalue weighted by Crippen LogP contribution is -2.14. The van der Waals surface area contributed by atoms with E-state index in [2.05, 4.69) is 10.1 Å². The third kappa shape index (κ3) is 2.90. The first-order valence-electron chi connectivity index (χ1n) is 3.52. The molecule has 0 unspecified atom stereocenters. The number of hydrogen-bond donors (Lipinski definition) is 2. The summed E-state index contributed by atoms with van der Waals surface area (Å²) in [4.78, 5) is 3.62. The van der Waals surface area contributed by atoms with Gasteiger partial charge in [0.15, 0.2) is 0 Å². The summed E-state index contributed by atoms with van der Waals surface area (Å²) in [5.41, 5.74) is 10.6. The van der Waals surface area contributed by atoms with Crippen molar-refractivity contribution in [3.63, 3.8) is 0 Å². The second-order valence-corrected chi connectivity index (χ2v) is 4.94. The Kier molecular flexibility index (Phi) is 2.41. The number of anilines is 2. The summed E-state index contributed by atoms with van der Waals surface area (Å²) in [6, 6.07) is 0. The minimum Gasteiger partial charge on any atom is -0.368 e. The summed E-state index contributed by atoms with van der Waals surface area (Å²) >= 11 is 0. The minimum atomic E-state index is -3.01. The number of nitrogen functional groups attached to an aromatic ring is 2. The van der Waals surface area contributed by atoms with Crippen molar-refractivity contribution in [2.75, 3.05) is 23.5 Å². The molecule has 1 heterocycles. The average molecular weight is 205 g/mol. The van der Waals surface area contributed by atoms with Crippen LogP contribution in [0.25, 0.3) is 0 Å². The first-order valence-corrected chi connectivity index (χ1v) is 5.58. The lowest BCUT2D eigenvalue weighted by atomic mass is 10.7. The fourth-order valence-electron chi connectivity index (χ4n) is 0.789. The van der Waals surface area contributed by atoms with Crippen molar-refractivity contribution in [2.45, 2.75) is 6.54 Å². The Labute approximate surface area is 75.7 Å². The average Bonchev–Trinajstić information content (AvgIpc) is 2.24. The van der Waals surface area contributed by atoms with Gasteiger partial charge in [0, 0.05) is 6.26 Å². The molecule has 1 aromatic heterocycles. The summed E-state index contributed by atoms with van der Waals surface area (Å²) in [6.07, 6.45) is 1.14. The molecule has 1 aromatic rings. The molecule has 4 N–H and O–H groups in total. The number of aryl methyl sites for hydroxylation is 1. The quantitative estimate of drug-likeness (QED) is 0.619. The highest BCUT2D eigenvalue weighted by Crippen LogP contribution is 2.01. The fraction of sp³-hybridized carbons (Fsp3) is 0.600. The van der Waals surface area contributed by atoms with E-state index >= 15 is 0 Å². The molecular weight excluding hydrogens is 194 g/mol. The number of aromatic nitrogens is 3. The second kappa shape index (κ2) is 3.21. The number of nitrogens with two attached hydrogens (primary N) is 2. The first kappa shape index (κ1) is 9.78. The predicted molar refractivity (Wildman–Crippen MR) is 48.6 cm³/mol. The highest BCUT2D eigenvalue weighted by molar-refractivity contribution is 7.90. The number of nitrogens with zero attached hydrogens (tertiary/aromatic N) is 3. The molecule has 0 amide bonds. The molecule has 0 saturated carbocycles. The van der Waals surface area contributed by atoms with E-state index in [4.69, 9.17) is 11.5 Å². The van der Waals surface area contributed by atoms with Gasteiger partial charge >= 0.3 is 0 Å². The number of sulfone groups is 1. The molecule has 0 saturated heterocycles. The van der Waals surface area contributed by atoms with Crippen LogP contribution >= 0.6 is 0 Å². The van der Waals surface area contributed by atoms with Gasteiger partial charge < -0.3 is 11.5 Å². The van der Waals surface area contributed by atoms with Gasteiger partial charge in [-0.05, 0) is 0 Å². The van der Waals surface area contributed by atoms with Crippen LogP contribution in [0.1, 0.15) is 0 Å². The van der Waals surface area contributed by atoms with E-state index in [9.17, 15) is 8.42 Å². The van der Waals surface area contributed by atoms with E-state index in [1.54, 1.807) is 0 Å². The molecule has 8 heteroatoms. The second-order valence-electron chi connectivity index (χ2n) is 2.68. The minimum absolute atomic E-state index is 0.0278. The molecule has 7 nitrogen and oxygen atoms in total. The topological polar surface area (TPSA) is 117 Å². The van der Waals surface area contributed by atoms with Crippen LogP contribution in [-0.2, 0) is 16.4 Å². The van der Waals surface area contributed by atoms with Gasteiger partial charge in [0.2, 0.25) is 11.9 Å². The summed E-state index contributed by atoms with van der Waals surface area (Å²) < 4.78 is 22.8. The zero-order chi connectivity index (χ0) is 10.1. The molecule has 0 aliphatic carbocycles. The van der Waals surface area contributed by atoms with Crippen molar-refractivity contribution in [2.24, 2.45) is 0 Å². The normalized spacial score (nSPS) is 11.8. The highest BCUT2D eigenvalue weighted by Gasteiger charge is 2.07. The monoisotopic (exact) mass is 205 g/mol. The van der Waals surface area contributed by atoms with Crippen molar-refractivity contribution in [3.05, 3.63) is 0 Å². The Morgan fingerprint density at radius 2 is 2.08 bits per heavy atom. The third-order valence-electron chi connectivity index (χ3n) is 1.39. The van der Waals surface area contributed by atoms with Gasteiger partial charge in [-0.25, -0.2) is 13.1 Å². The van der Waals surface area contributed by atoms with Crippen molar-refractivity contribution >= 4 is 21.7 Å². The maximum absolute atomic E-state index is 10.8. The SMILES string of the molecule is CS(=O)(=O)CCn1nc(N)nc1N. The van der Waals surface area contributed by atoms with E-state index in [0.29, 0.717) is 0 Å². The van der Waals surface area contributed by atoms with Crippen LogP contribution in [0.4, 0.5) is 11.9 Å². The lowest BCUT2D eigenvalue weighted by Gasteiger charge is -1.99.